The normalized spacial score (nSPS) is 17.1. The van der Waals surface area contributed by atoms with Gasteiger partial charge in [-0.1, -0.05) is 6.07 Å². The Balaban J connectivity index is 1.85. The minimum atomic E-state index is -0.726. The molecule has 0 spiro atoms. The fourth-order valence-electron chi connectivity index (χ4n) is 2.86. The van der Waals surface area contributed by atoms with Crippen molar-refractivity contribution in [3.63, 3.8) is 0 Å². The van der Waals surface area contributed by atoms with Crippen LogP contribution in [0.15, 0.2) is 36.4 Å². The third-order valence-corrected chi connectivity index (χ3v) is 5.27. The van der Waals surface area contributed by atoms with Crippen molar-refractivity contribution in [3.05, 3.63) is 53.3 Å². The van der Waals surface area contributed by atoms with Crippen LogP contribution < -0.4 is 10.2 Å². The van der Waals surface area contributed by atoms with Crippen LogP contribution in [0.3, 0.4) is 0 Å². The number of halogens is 1. The van der Waals surface area contributed by atoms with Gasteiger partial charge in [-0.25, -0.2) is 9.18 Å². The highest BCUT2D eigenvalue weighted by Gasteiger charge is 2.52. The molecule has 0 radical (unpaired) electrons. The number of carbonyl (C=O) groups excluding carboxylic acids is 2. The molecule has 0 amide bonds. The first-order valence-corrected chi connectivity index (χ1v) is 9.08. The van der Waals surface area contributed by atoms with Gasteiger partial charge >= 0.3 is 13.1 Å². The van der Waals surface area contributed by atoms with E-state index in [0.29, 0.717) is 17.3 Å². The summed E-state index contributed by atoms with van der Waals surface area (Å²) in [6.45, 7) is 7.69. The maximum absolute atomic E-state index is 14.3. The highest BCUT2D eigenvalue weighted by molar-refractivity contribution is 6.63. The molecule has 1 aliphatic heterocycles. The number of aldehydes is 1. The van der Waals surface area contributed by atoms with Gasteiger partial charge in [0.05, 0.1) is 23.9 Å². The van der Waals surface area contributed by atoms with Crippen LogP contribution in [-0.4, -0.2) is 37.7 Å². The summed E-state index contributed by atoms with van der Waals surface area (Å²) in [6.07, 6.45) is 0.671. The van der Waals surface area contributed by atoms with E-state index in [0.717, 1.165) is 6.07 Å². The summed E-state index contributed by atoms with van der Waals surface area (Å²) in [6, 6.07) is 8.48. The smallest absolute Gasteiger partial charge is 0.465 e. The first kappa shape index (κ1) is 21.0. The van der Waals surface area contributed by atoms with Crippen LogP contribution in [0.25, 0.3) is 0 Å². The van der Waals surface area contributed by atoms with Crippen LogP contribution in [0.5, 0.6) is 11.5 Å². The average Bonchev–Trinajstić information content (AvgIpc) is 2.89. The Morgan fingerprint density at radius 1 is 1.07 bits per heavy atom. The largest absolute Gasteiger partial charge is 0.495 e. The summed E-state index contributed by atoms with van der Waals surface area (Å²) in [5.41, 5.74) is -0.142. The predicted molar refractivity (Wildman–Crippen MR) is 105 cm³/mol. The first-order valence-electron chi connectivity index (χ1n) is 9.08. The number of methoxy groups -OCH3 is 1. The molecule has 2 aromatic rings. The summed E-state index contributed by atoms with van der Waals surface area (Å²) in [5, 5.41) is 0. The van der Waals surface area contributed by atoms with Gasteiger partial charge in [0.1, 0.15) is 12.0 Å². The minimum Gasteiger partial charge on any atom is -0.465 e. The number of rotatable bonds is 5. The van der Waals surface area contributed by atoms with E-state index in [1.807, 2.05) is 27.7 Å². The van der Waals surface area contributed by atoms with E-state index >= 15 is 0 Å². The van der Waals surface area contributed by atoms with Gasteiger partial charge in [-0.3, -0.25) is 4.79 Å². The van der Waals surface area contributed by atoms with Gasteiger partial charge in [0, 0.05) is 5.56 Å². The van der Waals surface area contributed by atoms with Gasteiger partial charge in [0.25, 0.3) is 0 Å². The minimum absolute atomic E-state index is 0.0713. The van der Waals surface area contributed by atoms with Gasteiger partial charge in [-0.15, -0.1) is 0 Å². The summed E-state index contributed by atoms with van der Waals surface area (Å²) < 4.78 is 36.4. The zero-order valence-corrected chi connectivity index (χ0v) is 16.9. The maximum atomic E-state index is 14.3. The van der Waals surface area contributed by atoms with Crippen molar-refractivity contribution in [1.29, 1.82) is 0 Å². The molecule has 3 rings (SSSR count). The molecule has 0 N–H and O–H groups in total. The molecular formula is C21H22BFO6. The van der Waals surface area contributed by atoms with Crippen molar-refractivity contribution in [2.24, 2.45) is 0 Å². The van der Waals surface area contributed by atoms with Gasteiger partial charge in [-0.05, 0) is 63.5 Å². The molecule has 0 saturated carbocycles. The summed E-state index contributed by atoms with van der Waals surface area (Å²) in [7, 11) is 0.512. The second-order valence-electron chi connectivity index (χ2n) is 7.74. The number of benzene rings is 2. The lowest BCUT2D eigenvalue weighted by atomic mass is 9.76. The molecule has 0 bridgehead atoms. The van der Waals surface area contributed by atoms with Gasteiger partial charge in [-0.2, -0.15) is 0 Å². The van der Waals surface area contributed by atoms with Gasteiger partial charge < -0.3 is 18.8 Å². The summed E-state index contributed by atoms with van der Waals surface area (Å²) in [5.74, 6) is -1.20. The number of carbonyl (C=O) groups is 2. The lowest BCUT2D eigenvalue weighted by molar-refractivity contribution is 0.00578. The second-order valence-corrected chi connectivity index (χ2v) is 7.74. The fraction of sp³-hybridized carbons (Fsp3) is 0.333. The zero-order chi connectivity index (χ0) is 21.4. The van der Waals surface area contributed by atoms with Gasteiger partial charge in [0.15, 0.2) is 11.6 Å². The molecule has 1 aliphatic rings. The topological polar surface area (TPSA) is 71.1 Å². The molecule has 0 aromatic heterocycles. The summed E-state index contributed by atoms with van der Waals surface area (Å²) in [4.78, 5) is 23.1. The van der Waals surface area contributed by atoms with E-state index in [-0.39, 0.29) is 17.1 Å². The highest BCUT2D eigenvalue weighted by Crippen LogP contribution is 2.37. The summed E-state index contributed by atoms with van der Waals surface area (Å²) >= 11 is 0. The standard InChI is InChI=1S/C21H22BFO6/c1-20(2)21(3,4)29-22(28-20)16-8-7-15(10-14(16)12-24)27-18-9-6-13(11-17(18)23)19(25)26-5/h6-12H,1-5H3. The van der Waals surface area contributed by atoms with Crippen LogP contribution >= 0.6 is 0 Å². The molecule has 1 heterocycles. The molecule has 1 fully saturated rings. The third-order valence-electron chi connectivity index (χ3n) is 5.27. The Labute approximate surface area is 169 Å². The van der Waals surface area contributed by atoms with Crippen LogP contribution in [0.1, 0.15) is 48.4 Å². The van der Waals surface area contributed by atoms with Crippen molar-refractivity contribution >= 4 is 24.8 Å². The molecule has 0 unspecified atom stereocenters. The van der Waals surface area contributed by atoms with E-state index in [9.17, 15) is 14.0 Å². The molecule has 1 saturated heterocycles. The van der Waals surface area contributed by atoms with Crippen LogP contribution in [0, 0.1) is 5.82 Å². The lowest BCUT2D eigenvalue weighted by Gasteiger charge is -2.32. The fourth-order valence-corrected chi connectivity index (χ4v) is 2.86. The highest BCUT2D eigenvalue weighted by atomic mass is 19.1. The first-order chi connectivity index (χ1) is 13.6. The van der Waals surface area contributed by atoms with E-state index in [1.165, 1.54) is 25.3 Å². The second kappa shape index (κ2) is 7.61. The van der Waals surface area contributed by atoms with Crippen LogP contribution in [-0.2, 0) is 14.0 Å². The Morgan fingerprint density at radius 2 is 1.72 bits per heavy atom. The molecule has 2 aromatic carbocycles. The maximum Gasteiger partial charge on any atom is 0.495 e. The van der Waals surface area contributed by atoms with Crippen LogP contribution in [0.2, 0.25) is 0 Å². The average molecular weight is 400 g/mol. The van der Waals surface area contributed by atoms with Crippen molar-refractivity contribution < 1.29 is 32.8 Å². The van der Waals surface area contributed by atoms with E-state index in [4.69, 9.17) is 14.0 Å². The quantitative estimate of drug-likeness (QED) is 0.435. The van der Waals surface area contributed by atoms with Gasteiger partial charge in [0.2, 0.25) is 0 Å². The molecule has 8 heteroatoms. The Morgan fingerprint density at radius 3 is 2.28 bits per heavy atom. The van der Waals surface area contributed by atoms with Crippen molar-refractivity contribution in [3.8, 4) is 11.5 Å². The molecule has 6 nitrogen and oxygen atoms in total. The monoisotopic (exact) mass is 400 g/mol. The van der Waals surface area contributed by atoms with E-state index in [1.54, 1.807) is 12.1 Å². The van der Waals surface area contributed by atoms with Crippen molar-refractivity contribution in [1.82, 2.24) is 0 Å². The molecule has 0 aliphatic carbocycles. The molecule has 0 atom stereocenters. The number of hydrogen-bond acceptors (Lipinski definition) is 6. The van der Waals surface area contributed by atoms with Crippen LogP contribution in [0.4, 0.5) is 4.39 Å². The molecular weight excluding hydrogens is 378 g/mol. The number of esters is 1. The molecule has 29 heavy (non-hydrogen) atoms. The van der Waals surface area contributed by atoms with Crippen molar-refractivity contribution in [2.45, 2.75) is 38.9 Å². The predicted octanol–water partition coefficient (Wildman–Crippen LogP) is 3.52. The zero-order valence-electron chi connectivity index (χ0n) is 16.9. The van der Waals surface area contributed by atoms with E-state index in [2.05, 4.69) is 4.74 Å². The third kappa shape index (κ3) is 4.04. The van der Waals surface area contributed by atoms with Crippen molar-refractivity contribution in [2.75, 3.05) is 7.11 Å². The Hall–Kier alpha value is -2.71. The van der Waals surface area contributed by atoms with E-state index < -0.39 is 30.1 Å². The lowest BCUT2D eigenvalue weighted by Crippen LogP contribution is -2.41. The Kier molecular flexibility index (Phi) is 5.51. The molecule has 152 valence electrons. The SMILES string of the molecule is COC(=O)c1ccc(Oc2ccc(B3OC(C)(C)C(C)(C)O3)c(C=O)c2)c(F)c1. The number of hydrogen-bond donors (Lipinski definition) is 0. The number of ether oxygens (including phenoxy) is 2. The Bertz CT molecular complexity index is 940.